The van der Waals surface area contributed by atoms with Gasteiger partial charge in [-0.15, -0.1) is 22.1 Å². The molecule has 8 bridgehead atoms. The maximum Gasteiger partial charge on any atom is 2.00 e. The number of benzene rings is 4. The summed E-state index contributed by atoms with van der Waals surface area (Å²) >= 11 is 0. The van der Waals surface area contributed by atoms with Gasteiger partial charge in [0.15, 0.2) is 0 Å². The van der Waals surface area contributed by atoms with Gasteiger partial charge in [-0.2, -0.15) is 0 Å². The van der Waals surface area contributed by atoms with E-state index in [-0.39, 0.29) is 27.1 Å². The fourth-order valence-corrected chi connectivity index (χ4v) is 7.28. The van der Waals surface area contributed by atoms with Crippen LogP contribution < -0.4 is 26.0 Å². The van der Waals surface area contributed by atoms with Crippen molar-refractivity contribution < 1.29 is 21.1 Å². The second-order valence-electron chi connectivity index (χ2n) is 12.4. The van der Waals surface area contributed by atoms with Crippen LogP contribution in [0.2, 0.25) is 0 Å². The number of hydrogen-bond acceptors (Lipinski definition) is 2. The largest absolute Gasteiger partial charge is 2.00 e. The zero-order valence-electron chi connectivity index (χ0n) is 26.7. The summed E-state index contributed by atoms with van der Waals surface area (Å²) in [4.78, 5) is 16.1. The van der Waals surface area contributed by atoms with Gasteiger partial charge in [0.25, 0.3) is 0 Å². The number of nitrogens with zero attached hydrogens (tertiary/aromatic N) is 3. The van der Waals surface area contributed by atoms with Crippen molar-refractivity contribution in [3.8, 4) is 0 Å². The summed E-state index contributed by atoms with van der Waals surface area (Å²) in [5, 5.41) is 5.88. The summed E-state index contributed by atoms with van der Waals surface area (Å²) in [6.07, 6.45) is 6.17. The molecule has 0 saturated carbocycles. The predicted octanol–water partition coefficient (Wildman–Crippen LogP) is 6.99. The Morgan fingerprint density at radius 3 is 1.67 bits per heavy atom. The van der Waals surface area contributed by atoms with Crippen LogP contribution in [-0.4, -0.2) is 11.8 Å². The molecule has 4 aromatic carbocycles. The van der Waals surface area contributed by atoms with Crippen molar-refractivity contribution in [2.45, 2.75) is 18.9 Å². The van der Waals surface area contributed by atoms with Crippen LogP contribution in [0.3, 0.4) is 0 Å². The van der Waals surface area contributed by atoms with Gasteiger partial charge in [-0.3, -0.25) is 0 Å². The molecule has 49 heavy (non-hydrogen) atoms. The van der Waals surface area contributed by atoms with E-state index in [4.69, 9.17) is 15.0 Å². The Balaban J connectivity index is 0.00000348. The minimum Gasteiger partial charge on any atom is -0.657 e. The molecule has 4 nitrogen and oxygen atoms in total. The van der Waals surface area contributed by atoms with Crippen LogP contribution in [0.5, 0.6) is 0 Å². The van der Waals surface area contributed by atoms with Crippen molar-refractivity contribution in [1.82, 2.24) is 15.3 Å². The number of fused-ring (bicyclic) bond motifs is 7. The Labute approximate surface area is 300 Å². The second-order valence-corrected chi connectivity index (χ2v) is 12.4. The number of hydrogen-bond donors (Lipinski definition) is 1. The maximum absolute atomic E-state index is 5.38. The first-order valence-electron chi connectivity index (χ1n) is 16.6. The molecule has 9 rings (SSSR count). The quantitative estimate of drug-likeness (QED) is 0.209. The molecule has 0 amide bonds. The normalized spacial score (nSPS) is 22.0. The summed E-state index contributed by atoms with van der Waals surface area (Å²) in [6, 6.07) is 51.0. The van der Waals surface area contributed by atoms with Gasteiger partial charge in [-0.1, -0.05) is 146 Å². The molecule has 0 radical (unpaired) electrons. The van der Waals surface area contributed by atoms with Crippen molar-refractivity contribution >= 4 is 28.0 Å². The number of aromatic nitrogens is 2. The molecular weight excluding hydrogens is 780 g/mol. The van der Waals surface area contributed by atoms with Crippen molar-refractivity contribution in [1.29, 1.82) is 0 Å². The van der Waals surface area contributed by atoms with Crippen LogP contribution in [0.1, 0.15) is 46.5 Å². The van der Waals surface area contributed by atoms with Crippen molar-refractivity contribution in [3.05, 3.63) is 213 Å². The van der Waals surface area contributed by atoms with Crippen LogP contribution in [-0.2, 0) is 21.1 Å². The third-order valence-electron chi connectivity index (χ3n) is 9.43. The molecule has 1 saturated heterocycles. The minimum absolute atomic E-state index is 0. The molecule has 6 aromatic rings. The Hall–Kier alpha value is -5.44. The summed E-state index contributed by atoms with van der Waals surface area (Å²) in [5.74, 6) is 0. The monoisotopic (exact) mass is 811 g/mol. The molecule has 3 aliphatic rings. The Bertz CT molecular complexity index is 2390. The zero-order chi connectivity index (χ0) is 31.9. The number of rotatable bonds is 4. The molecule has 2 aromatic heterocycles. The van der Waals surface area contributed by atoms with Gasteiger partial charge in [0.05, 0.1) is 17.5 Å². The molecule has 0 spiro atoms. The molecule has 5 heterocycles. The zero-order valence-corrected chi connectivity index (χ0v) is 28.9. The van der Waals surface area contributed by atoms with Gasteiger partial charge in [0, 0.05) is 11.3 Å². The first-order valence-corrected chi connectivity index (χ1v) is 16.6. The smallest absolute Gasteiger partial charge is 0.657 e. The van der Waals surface area contributed by atoms with Crippen LogP contribution in [0, 0.1) is 0 Å². The summed E-state index contributed by atoms with van der Waals surface area (Å²) in [6.45, 7) is 0. The van der Waals surface area contributed by atoms with Gasteiger partial charge >= 0.3 is 21.1 Å². The summed E-state index contributed by atoms with van der Waals surface area (Å²) < 4.78 is 0. The van der Waals surface area contributed by atoms with Crippen molar-refractivity contribution in [3.63, 3.8) is 0 Å². The van der Waals surface area contributed by atoms with Crippen LogP contribution in [0.25, 0.3) is 22.3 Å². The molecule has 1 unspecified atom stereocenters. The third kappa shape index (κ3) is 5.73. The van der Waals surface area contributed by atoms with Gasteiger partial charge in [0.2, 0.25) is 0 Å². The molecule has 1 atom stereocenters. The SMILES string of the molecule is C1=C/C2=C(\c3ccccc3)c3ccc([n-]3)/C(c3ccccc3)=c3/cc/c([n-]3)=C(\c3ccccc3)C3CC/C(=C(\c4ccccc4)C1=N2)N3.[Pt+2]. The minimum atomic E-state index is 0. The Morgan fingerprint density at radius 1 is 0.510 bits per heavy atom. The van der Waals surface area contributed by atoms with Crippen LogP contribution in [0.15, 0.2) is 174 Å². The summed E-state index contributed by atoms with van der Waals surface area (Å²) in [5.41, 5.74) is 13.7. The molecule has 3 aliphatic heterocycles. The first kappa shape index (κ1) is 30.9. The second kappa shape index (κ2) is 13.2. The fraction of sp³-hybridized carbons (Fsp3) is 0.0682. The number of aliphatic imine (C=N–C) groups is 1. The van der Waals surface area contributed by atoms with E-state index in [2.05, 4.69) is 157 Å². The molecule has 5 heteroatoms. The van der Waals surface area contributed by atoms with Gasteiger partial charge < -0.3 is 15.3 Å². The fourth-order valence-electron chi connectivity index (χ4n) is 7.28. The van der Waals surface area contributed by atoms with E-state index in [0.717, 1.165) is 79.7 Å². The maximum atomic E-state index is 5.38. The van der Waals surface area contributed by atoms with Gasteiger partial charge in [-0.05, 0) is 64.0 Å². The van der Waals surface area contributed by atoms with Gasteiger partial charge in [0.1, 0.15) is 0 Å². The average Bonchev–Trinajstić information content (AvgIpc) is 3.98. The van der Waals surface area contributed by atoms with E-state index >= 15 is 0 Å². The molecule has 1 N–H and O–H groups in total. The van der Waals surface area contributed by atoms with E-state index in [1.165, 1.54) is 16.8 Å². The van der Waals surface area contributed by atoms with Crippen LogP contribution >= 0.6 is 0 Å². The molecular formula is C44H32N4Pt. The molecule has 0 aliphatic carbocycles. The molecule has 238 valence electrons. The van der Waals surface area contributed by atoms with Gasteiger partial charge in [-0.25, -0.2) is 4.99 Å². The van der Waals surface area contributed by atoms with Crippen LogP contribution in [0.4, 0.5) is 0 Å². The van der Waals surface area contributed by atoms with Crippen molar-refractivity contribution in [2.24, 2.45) is 4.99 Å². The molecule has 1 fully saturated rings. The predicted molar refractivity (Wildman–Crippen MR) is 194 cm³/mol. The van der Waals surface area contributed by atoms with E-state index in [0.29, 0.717) is 0 Å². The third-order valence-corrected chi connectivity index (χ3v) is 9.43. The number of allylic oxidation sites excluding steroid dienone is 4. The Morgan fingerprint density at radius 2 is 1.04 bits per heavy atom. The average molecular weight is 812 g/mol. The van der Waals surface area contributed by atoms with E-state index in [1.807, 2.05) is 6.07 Å². The number of nitrogens with one attached hydrogen (secondary N) is 1. The van der Waals surface area contributed by atoms with E-state index in [1.54, 1.807) is 0 Å². The first-order chi connectivity index (χ1) is 23.8. The van der Waals surface area contributed by atoms with Crippen molar-refractivity contribution in [2.75, 3.05) is 0 Å². The topological polar surface area (TPSA) is 52.6 Å². The Kier molecular flexibility index (Phi) is 8.33. The van der Waals surface area contributed by atoms with E-state index < -0.39 is 0 Å². The summed E-state index contributed by atoms with van der Waals surface area (Å²) in [7, 11) is 0. The van der Waals surface area contributed by atoms with E-state index in [9.17, 15) is 0 Å². The standard InChI is InChI=1S/C44H32N4.Pt/c1-5-13-29(14-6-1)41-33-21-23-35(45-33)42(30-15-7-2-8-16-30)37-25-27-39(47-37)44(32-19-11-4-12-20-32)40-28-26-38(48-40)43(31-17-9-3-10-18-31)36-24-22-34(41)46-36;/h1-25,27,38,48H,26,28H2;/q-2;+2/b41-34-,42-37-,43-36-,44-40-;.